The van der Waals surface area contributed by atoms with Gasteiger partial charge >= 0.3 is 5.97 Å². The molecule has 0 N–H and O–H groups in total. The number of esters is 1. The summed E-state index contributed by atoms with van der Waals surface area (Å²) in [6, 6.07) is 13.6. The topological polar surface area (TPSA) is 115 Å². The molecule has 2 aliphatic heterocycles. The summed E-state index contributed by atoms with van der Waals surface area (Å²) in [4.78, 5) is 47.0. The molecule has 0 saturated carbocycles. The standard InChI is InChI=1S/C24H21ClN4O6/c1-33-12-11-28-22(31)17-7-2-3-8-18(17)29-20(30)9-10-24(28,29)23(32)34-14-19-26-21(27-35-19)15-5-4-6-16(25)13-15/h2-8,13H,9-12,14H2,1H3. The maximum Gasteiger partial charge on any atom is 0.354 e. The van der Waals surface area contributed by atoms with Crippen LogP contribution in [0.4, 0.5) is 5.69 Å². The molecule has 0 radical (unpaired) electrons. The van der Waals surface area contributed by atoms with Crippen LogP contribution in [0.1, 0.15) is 29.1 Å². The van der Waals surface area contributed by atoms with Crippen molar-refractivity contribution in [3.63, 3.8) is 0 Å². The molecule has 0 bridgehead atoms. The average Bonchev–Trinajstić information content (AvgIpc) is 3.48. The molecule has 3 heterocycles. The maximum atomic E-state index is 13.6. The Morgan fingerprint density at radius 1 is 1.20 bits per heavy atom. The Balaban J connectivity index is 1.44. The third-order valence-corrected chi connectivity index (χ3v) is 6.33. The van der Waals surface area contributed by atoms with E-state index in [0.29, 0.717) is 21.8 Å². The predicted molar refractivity (Wildman–Crippen MR) is 123 cm³/mol. The number of nitrogens with zero attached hydrogens (tertiary/aromatic N) is 4. The van der Waals surface area contributed by atoms with Gasteiger partial charge in [0.05, 0.1) is 17.9 Å². The van der Waals surface area contributed by atoms with Crippen molar-refractivity contribution in [2.24, 2.45) is 0 Å². The molecule has 3 aromatic rings. The second-order valence-electron chi connectivity index (χ2n) is 8.11. The SMILES string of the molecule is COCCN1C(=O)c2ccccc2N2C(=O)CCC12C(=O)OCc1nc(-c2cccc(Cl)c2)no1. The first-order valence-corrected chi connectivity index (χ1v) is 11.3. The zero-order valence-corrected chi connectivity index (χ0v) is 19.5. The number of aromatic nitrogens is 2. The lowest BCUT2D eigenvalue weighted by Crippen LogP contribution is -2.68. The van der Waals surface area contributed by atoms with Gasteiger partial charge in [0.15, 0.2) is 6.61 Å². The third kappa shape index (κ3) is 3.84. The number of carbonyl (C=O) groups excluding carboxylic acids is 3. The minimum Gasteiger partial charge on any atom is -0.452 e. The molecule has 35 heavy (non-hydrogen) atoms. The quantitative estimate of drug-likeness (QED) is 0.458. The fourth-order valence-electron chi connectivity index (χ4n) is 4.54. The second kappa shape index (κ2) is 9.12. The first kappa shape index (κ1) is 23.0. The molecule has 5 rings (SSSR count). The van der Waals surface area contributed by atoms with Gasteiger partial charge in [0, 0.05) is 37.1 Å². The van der Waals surface area contributed by atoms with Gasteiger partial charge in [0.2, 0.25) is 17.4 Å². The molecule has 2 aromatic carbocycles. The lowest BCUT2D eigenvalue weighted by Gasteiger charge is -2.48. The minimum atomic E-state index is -1.63. The Bertz CT molecular complexity index is 1310. The van der Waals surface area contributed by atoms with Crippen LogP contribution in [0, 0.1) is 0 Å². The van der Waals surface area contributed by atoms with Gasteiger partial charge in [-0.15, -0.1) is 0 Å². The highest BCUT2D eigenvalue weighted by Crippen LogP contribution is 2.45. The Kier molecular flexibility index (Phi) is 6.00. The summed E-state index contributed by atoms with van der Waals surface area (Å²) in [5.41, 5.74) is -0.265. The number of carbonyl (C=O) groups is 3. The molecule has 11 heteroatoms. The molecule has 1 saturated heterocycles. The zero-order chi connectivity index (χ0) is 24.6. The molecule has 1 unspecified atom stereocenters. The van der Waals surface area contributed by atoms with E-state index >= 15 is 0 Å². The summed E-state index contributed by atoms with van der Waals surface area (Å²) < 4.78 is 16.0. The highest BCUT2D eigenvalue weighted by molar-refractivity contribution is 6.30. The van der Waals surface area contributed by atoms with Gasteiger partial charge in [0.1, 0.15) is 0 Å². The number of rotatable bonds is 7. The van der Waals surface area contributed by atoms with E-state index in [2.05, 4.69) is 10.1 Å². The molecule has 1 atom stereocenters. The van der Waals surface area contributed by atoms with Crippen molar-refractivity contribution in [3.8, 4) is 11.4 Å². The van der Waals surface area contributed by atoms with Crippen molar-refractivity contribution in [3.05, 3.63) is 65.0 Å². The number of ether oxygens (including phenoxy) is 2. The Hall–Kier alpha value is -3.76. The molecule has 1 fully saturated rings. The number of anilines is 1. The number of halogens is 1. The van der Waals surface area contributed by atoms with Crippen LogP contribution >= 0.6 is 11.6 Å². The van der Waals surface area contributed by atoms with E-state index in [0.717, 1.165) is 0 Å². The van der Waals surface area contributed by atoms with Crippen LogP contribution in [0.25, 0.3) is 11.4 Å². The summed E-state index contributed by atoms with van der Waals surface area (Å²) in [5, 5.41) is 4.43. The lowest BCUT2D eigenvalue weighted by molar-refractivity contribution is -0.159. The fourth-order valence-corrected chi connectivity index (χ4v) is 4.73. The first-order valence-electron chi connectivity index (χ1n) is 10.9. The Morgan fingerprint density at radius 3 is 2.83 bits per heavy atom. The third-order valence-electron chi connectivity index (χ3n) is 6.10. The molecule has 10 nitrogen and oxygen atoms in total. The van der Waals surface area contributed by atoms with Gasteiger partial charge in [-0.05, 0) is 24.3 Å². The van der Waals surface area contributed by atoms with Crippen molar-refractivity contribution >= 4 is 35.1 Å². The summed E-state index contributed by atoms with van der Waals surface area (Å²) in [5.74, 6) is -1.05. The molecular weight excluding hydrogens is 476 g/mol. The number of hydrogen-bond donors (Lipinski definition) is 0. The smallest absolute Gasteiger partial charge is 0.354 e. The van der Waals surface area contributed by atoms with Gasteiger partial charge in [-0.25, -0.2) is 4.79 Å². The van der Waals surface area contributed by atoms with Crippen molar-refractivity contribution in [2.75, 3.05) is 25.2 Å². The summed E-state index contributed by atoms with van der Waals surface area (Å²) in [7, 11) is 1.50. The molecule has 2 aliphatic rings. The summed E-state index contributed by atoms with van der Waals surface area (Å²) in [6.07, 6.45) is 0.172. The van der Waals surface area contributed by atoms with Crippen molar-refractivity contribution < 1.29 is 28.4 Å². The molecule has 2 amide bonds. The van der Waals surface area contributed by atoms with E-state index in [-0.39, 0.29) is 56.1 Å². The minimum absolute atomic E-state index is 0.0616. The van der Waals surface area contributed by atoms with Gasteiger partial charge in [-0.3, -0.25) is 14.5 Å². The van der Waals surface area contributed by atoms with E-state index in [1.807, 2.05) is 0 Å². The van der Waals surface area contributed by atoms with E-state index in [1.165, 1.54) is 16.9 Å². The number of para-hydroxylation sites is 1. The highest BCUT2D eigenvalue weighted by Gasteiger charge is 2.61. The van der Waals surface area contributed by atoms with Gasteiger partial charge in [-0.1, -0.05) is 41.0 Å². The van der Waals surface area contributed by atoms with Crippen LogP contribution in [-0.2, 0) is 25.7 Å². The zero-order valence-electron chi connectivity index (χ0n) is 18.8. The monoisotopic (exact) mass is 496 g/mol. The first-order chi connectivity index (χ1) is 17.0. The van der Waals surface area contributed by atoms with Crippen LogP contribution in [0.15, 0.2) is 53.1 Å². The number of amides is 2. The van der Waals surface area contributed by atoms with E-state index in [4.69, 9.17) is 25.6 Å². The van der Waals surface area contributed by atoms with Crippen molar-refractivity contribution in [1.82, 2.24) is 15.0 Å². The number of methoxy groups -OCH3 is 1. The molecule has 0 spiro atoms. The molecular formula is C24H21ClN4O6. The predicted octanol–water partition coefficient (Wildman–Crippen LogP) is 3.06. The Labute approximate surface area is 205 Å². The van der Waals surface area contributed by atoms with E-state index in [1.54, 1.807) is 48.5 Å². The largest absolute Gasteiger partial charge is 0.452 e. The van der Waals surface area contributed by atoms with Gasteiger partial charge in [0.25, 0.3) is 11.8 Å². The maximum absolute atomic E-state index is 13.6. The molecule has 180 valence electrons. The van der Waals surface area contributed by atoms with E-state index in [9.17, 15) is 14.4 Å². The molecule has 1 aromatic heterocycles. The number of hydrogen-bond acceptors (Lipinski definition) is 8. The second-order valence-corrected chi connectivity index (χ2v) is 8.55. The summed E-state index contributed by atoms with van der Waals surface area (Å²) in [6.45, 7) is -0.0518. The average molecular weight is 497 g/mol. The van der Waals surface area contributed by atoms with Crippen LogP contribution in [0.5, 0.6) is 0 Å². The summed E-state index contributed by atoms with van der Waals surface area (Å²) >= 11 is 6.02. The Morgan fingerprint density at radius 2 is 2.03 bits per heavy atom. The van der Waals surface area contributed by atoms with E-state index < -0.39 is 11.6 Å². The number of fused-ring (bicyclic) bond motifs is 3. The normalized spacial score (nSPS) is 19.0. The van der Waals surface area contributed by atoms with Crippen LogP contribution < -0.4 is 4.90 Å². The lowest BCUT2D eigenvalue weighted by atomic mass is 9.96. The van der Waals surface area contributed by atoms with Crippen LogP contribution in [0.3, 0.4) is 0 Å². The van der Waals surface area contributed by atoms with Gasteiger partial charge in [-0.2, -0.15) is 4.98 Å². The van der Waals surface area contributed by atoms with Crippen molar-refractivity contribution in [2.45, 2.75) is 25.1 Å². The van der Waals surface area contributed by atoms with Crippen molar-refractivity contribution in [1.29, 1.82) is 0 Å². The van der Waals surface area contributed by atoms with Crippen LogP contribution in [-0.4, -0.2) is 58.7 Å². The highest BCUT2D eigenvalue weighted by atomic mass is 35.5. The molecule has 0 aliphatic carbocycles. The fraction of sp³-hybridized carbons (Fsp3) is 0.292. The van der Waals surface area contributed by atoms with Gasteiger partial charge < -0.3 is 18.9 Å². The number of benzene rings is 2. The van der Waals surface area contributed by atoms with Crippen LogP contribution in [0.2, 0.25) is 5.02 Å².